The van der Waals surface area contributed by atoms with E-state index in [2.05, 4.69) is 0 Å². The van der Waals surface area contributed by atoms with Crippen LogP contribution in [0.2, 0.25) is 0 Å². The third kappa shape index (κ3) is 1.84. The quantitative estimate of drug-likeness (QED) is 0.571. The van der Waals surface area contributed by atoms with Crippen LogP contribution in [0.5, 0.6) is 0 Å². The molecule has 0 aromatic carbocycles. The summed E-state index contributed by atoms with van der Waals surface area (Å²) in [6.45, 7) is 0. The first-order valence-electron chi connectivity index (χ1n) is 3.79. The maximum absolute atomic E-state index is 11.5. The minimum Gasteiger partial charge on any atom is -0.317 e. The molecule has 0 radical (unpaired) electrons. The number of nitrogens with zero attached hydrogens (tertiary/aromatic N) is 1. The van der Waals surface area contributed by atoms with Crippen LogP contribution in [0.25, 0.3) is 0 Å². The fraction of sp³-hybridized carbons (Fsp3) is 0.857. The van der Waals surface area contributed by atoms with Crippen LogP contribution in [0.4, 0.5) is 0 Å². The molecular formula is C7H13IN2O. The summed E-state index contributed by atoms with van der Waals surface area (Å²) >= 11 is 1.97. The van der Waals surface area contributed by atoms with Crippen molar-refractivity contribution < 1.29 is 4.79 Å². The SMILES string of the molecule is CN(I)C(=O)C1(N)CCCC1. The van der Waals surface area contributed by atoms with Crippen molar-refractivity contribution in [2.75, 3.05) is 7.05 Å². The highest BCUT2D eigenvalue weighted by Crippen LogP contribution is 2.29. The zero-order chi connectivity index (χ0) is 8.48. The highest BCUT2D eigenvalue weighted by molar-refractivity contribution is 14.1. The lowest BCUT2D eigenvalue weighted by molar-refractivity contribution is -0.129. The molecule has 1 amide bonds. The van der Waals surface area contributed by atoms with Crippen molar-refractivity contribution in [1.82, 2.24) is 3.11 Å². The molecule has 0 bridgehead atoms. The van der Waals surface area contributed by atoms with E-state index in [1.807, 2.05) is 22.9 Å². The number of carbonyl (C=O) groups excluding carboxylic acids is 1. The highest BCUT2D eigenvalue weighted by Gasteiger charge is 2.38. The van der Waals surface area contributed by atoms with Gasteiger partial charge >= 0.3 is 0 Å². The summed E-state index contributed by atoms with van der Waals surface area (Å²) in [6, 6.07) is 0. The van der Waals surface area contributed by atoms with Gasteiger partial charge in [0.05, 0.1) is 28.4 Å². The lowest BCUT2D eigenvalue weighted by Crippen LogP contribution is -2.49. The van der Waals surface area contributed by atoms with Crippen molar-refractivity contribution in [2.24, 2.45) is 5.73 Å². The molecule has 0 aromatic heterocycles. The Bertz CT molecular complexity index is 164. The van der Waals surface area contributed by atoms with E-state index in [1.165, 1.54) is 0 Å². The minimum absolute atomic E-state index is 0.0654. The first-order valence-corrected chi connectivity index (χ1v) is 4.75. The molecule has 64 valence electrons. The largest absolute Gasteiger partial charge is 0.317 e. The van der Waals surface area contributed by atoms with Gasteiger partial charge in [-0.05, 0) is 12.8 Å². The molecule has 4 heteroatoms. The van der Waals surface area contributed by atoms with Crippen LogP contribution in [-0.2, 0) is 4.79 Å². The Kier molecular flexibility index (Phi) is 2.74. The van der Waals surface area contributed by atoms with Gasteiger partial charge in [0.2, 0.25) is 0 Å². The molecule has 0 heterocycles. The van der Waals surface area contributed by atoms with E-state index in [0.717, 1.165) is 25.7 Å². The molecule has 1 aliphatic carbocycles. The summed E-state index contributed by atoms with van der Waals surface area (Å²) in [5.74, 6) is 0.0654. The van der Waals surface area contributed by atoms with Crippen molar-refractivity contribution in [3.05, 3.63) is 0 Å². The summed E-state index contributed by atoms with van der Waals surface area (Å²) in [6.07, 6.45) is 3.87. The molecule has 0 aliphatic heterocycles. The number of rotatable bonds is 1. The maximum Gasteiger partial charge on any atom is 0.251 e. The Balaban J connectivity index is 2.64. The molecule has 1 fully saturated rings. The van der Waals surface area contributed by atoms with Crippen molar-refractivity contribution in [3.8, 4) is 0 Å². The Labute approximate surface area is 80.8 Å². The van der Waals surface area contributed by atoms with Gasteiger partial charge in [0.1, 0.15) is 0 Å². The van der Waals surface area contributed by atoms with Crippen molar-refractivity contribution in [2.45, 2.75) is 31.2 Å². The second kappa shape index (κ2) is 3.26. The fourth-order valence-electron chi connectivity index (χ4n) is 1.53. The van der Waals surface area contributed by atoms with Gasteiger partial charge in [-0.3, -0.25) is 7.91 Å². The summed E-state index contributed by atoms with van der Waals surface area (Å²) in [5.41, 5.74) is 5.36. The van der Waals surface area contributed by atoms with Crippen LogP contribution in [0.15, 0.2) is 0 Å². The predicted octanol–water partition coefficient (Wildman–Crippen LogP) is 1.07. The minimum atomic E-state index is -0.546. The number of hydrogen-bond acceptors (Lipinski definition) is 2. The molecule has 0 unspecified atom stereocenters. The van der Waals surface area contributed by atoms with Crippen LogP contribution >= 0.6 is 22.9 Å². The number of carbonyl (C=O) groups is 1. The third-order valence-corrected chi connectivity index (χ3v) is 2.64. The number of amides is 1. The normalized spacial score (nSPS) is 21.7. The molecule has 0 saturated heterocycles. The second-order valence-corrected chi connectivity index (χ2v) is 4.59. The highest BCUT2D eigenvalue weighted by atomic mass is 127. The zero-order valence-electron chi connectivity index (χ0n) is 6.64. The topological polar surface area (TPSA) is 46.3 Å². The molecule has 2 N–H and O–H groups in total. The molecule has 1 aliphatic rings. The third-order valence-electron chi connectivity index (χ3n) is 2.20. The first-order chi connectivity index (χ1) is 5.06. The average molecular weight is 268 g/mol. The van der Waals surface area contributed by atoms with E-state index in [-0.39, 0.29) is 5.91 Å². The summed E-state index contributed by atoms with van der Waals surface area (Å²) in [4.78, 5) is 11.5. The molecule has 0 aromatic rings. The van der Waals surface area contributed by atoms with Crippen molar-refractivity contribution >= 4 is 28.8 Å². The Morgan fingerprint density at radius 3 is 2.36 bits per heavy atom. The van der Waals surface area contributed by atoms with E-state index < -0.39 is 5.54 Å². The summed E-state index contributed by atoms with van der Waals surface area (Å²) in [7, 11) is 1.75. The van der Waals surface area contributed by atoms with E-state index in [1.54, 1.807) is 10.2 Å². The molecule has 11 heavy (non-hydrogen) atoms. The van der Waals surface area contributed by atoms with Crippen molar-refractivity contribution in [3.63, 3.8) is 0 Å². The van der Waals surface area contributed by atoms with Gasteiger partial charge < -0.3 is 5.73 Å². The van der Waals surface area contributed by atoms with Crippen LogP contribution in [0, 0.1) is 0 Å². The molecule has 0 spiro atoms. The summed E-state index contributed by atoms with van der Waals surface area (Å²) < 4.78 is 1.56. The Morgan fingerprint density at radius 1 is 1.55 bits per heavy atom. The molecule has 1 saturated carbocycles. The van der Waals surface area contributed by atoms with Gasteiger partial charge in [0.25, 0.3) is 5.91 Å². The maximum atomic E-state index is 11.5. The van der Waals surface area contributed by atoms with Gasteiger partial charge in [-0.25, -0.2) is 0 Å². The van der Waals surface area contributed by atoms with Crippen molar-refractivity contribution in [1.29, 1.82) is 0 Å². The lowest BCUT2D eigenvalue weighted by Gasteiger charge is -2.24. The standard InChI is InChI=1S/C7H13IN2O/c1-10(8)6(11)7(9)4-2-3-5-7/h2-5,9H2,1H3. The number of likely N-dealkylation sites (N-methyl/N-ethyl adjacent to an activating group) is 1. The molecule has 0 atom stereocenters. The zero-order valence-corrected chi connectivity index (χ0v) is 8.80. The number of hydrogen-bond donors (Lipinski definition) is 1. The predicted molar refractivity (Wildman–Crippen MR) is 52.2 cm³/mol. The molecule has 1 rings (SSSR count). The van der Waals surface area contributed by atoms with E-state index in [9.17, 15) is 4.79 Å². The number of halogens is 1. The van der Waals surface area contributed by atoms with Gasteiger partial charge in [0, 0.05) is 7.05 Å². The van der Waals surface area contributed by atoms with Gasteiger partial charge in [0.15, 0.2) is 0 Å². The van der Waals surface area contributed by atoms with E-state index in [4.69, 9.17) is 5.73 Å². The average Bonchev–Trinajstić information content (AvgIpc) is 2.35. The smallest absolute Gasteiger partial charge is 0.251 e. The van der Waals surface area contributed by atoms with Gasteiger partial charge in [-0.1, -0.05) is 12.8 Å². The Morgan fingerprint density at radius 2 is 2.00 bits per heavy atom. The lowest BCUT2D eigenvalue weighted by atomic mass is 9.98. The molecule has 3 nitrogen and oxygen atoms in total. The Hall–Kier alpha value is 0.160. The first kappa shape index (κ1) is 9.25. The van der Waals surface area contributed by atoms with Crippen LogP contribution in [-0.4, -0.2) is 21.6 Å². The monoisotopic (exact) mass is 268 g/mol. The molecular weight excluding hydrogens is 255 g/mol. The van der Waals surface area contributed by atoms with Crippen LogP contribution < -0.4 is 5.73 Å². The fourth-order valence-corrected chi connectivity index (χ4v) is 2.01. The van der Waals surface area contributed by atoms with E-state index >= 15 is 0 Å². The van der Waals surface area contributed by atoms with Gasteiger partial charge in [-0.2, -0.15) is 0 Å². The van der Waals surface area contributed by atoms with Crippen LogP contribution in [0.1, 0.15) is 25.7 Å². The van der Waals surface area contributed by atoms with Gasteiger partial charge in [-0.15, -0.1) is 0 Å². The summed E-state index contributed by atoms with van der Waals surface area (Å²) in [5, 5.41) is 0. The number of nitrogens with two attached hydrogens (primary N) is 1. The second-order valence-electron chi connectivity index (χ2n) is 3.15. The van der Waals surface area contributed by atoms with E-state index in [0.29, 0.717) is 0 Å². The van der Waals surface area contributed by atoms with Crippen LogP contribution in [0.3, 0.4) is 0 Å².